The molecule has 0 aromatic heterocycles. The Balaban J connectivity index is 1.28. The lowest BCUT2D eigenvalue weighted by Crippen LogP contribution is -2.78. The minimum Gasteiger partial charge on any atom is -0.487 e. The van der Waals surface area contributed by atoms with Crippen LogP contribution < -0.4 is 4.74 Å². The summed E-state index contributed by atoms with van der Waals surface area (Å²) in [6.45, 7) is 7.01. The number of hydrogen-bond donors (Lipinski definition) is 1. The summed E-state index contributed by atoms with van der Waals surface area (Å²) in [4.78, 5) is 18.3. The maximum atomic E-state index is 13.7. The fourth-order valence-corrected chi connectivity index (χ4v) is 8.23. The molecule has 5 atom stereocenters. The number of rotatable bonds is 5. The number of benzene rings is 2. The molecule has 2 saturated carbocycles. The first-order chi connectivity index (χ1) is 18.4. The number of aliphatic hydroxyl groups is 1. The van der Waals surface area contributed by atoms with E-state index in [2.05, 4.69) is 48.8 Å². The highest BCUT2D eigenvalue weighted by Crippen LogP contribution is 2.64. The van der Waals surface area contributed by atoms with E-state index in [1.165, 1.54) is 24.0 Å². The number of amides is 1. The number of ether oxygens (including phenoxy) is 1. The zero-order valence-electron chi connectivity index (χ0n) is 22.5. The van der Waals surface area contributed by atoms with Crippen LogP contribution in [-0.2, 0) is 16.6 Å². The molecule has 0 radical (unpaired) electrons. The van der Waals surface area contributed by atoms with Crippen LogP contribution in [0.4, 0.5) is 0 Å². The molecule has 3 fully saturated rings. The van der Waals surface area contributed by atoms with Gasteiger partial charge in [-0.3, -0.25) is 9.69 Å². The van der Waals surface area contributed by atoms with Crippen LogP contribution >= 0.6 is 0 Å². The molecule has 2 bridgehead atoms. The van der Waals surface area contributed by atoms with Crippen molar-refractivity contribution < 1.29 is 14.6 Å². The molecular weight excluding hydrogens is 472 g/mol. The predicted octanol–water partition coefficient (Wildman–Crippen LogP) is 4.16. The van der Waals surface area contributed by atoms with Gasteiger partial charge in [0.1, 0.15) is 11.9 Å². The van der Waals surface area contributed by atoms with Crippen molar-refractivity contribution in [1.82, 2.24) is 9.80 Å². The molecule has 2 aliphatic heterocycles. The van der Waals surface area contributed by atoms with Crippen molar-refractivity contribution in [3.05, 3.63) is 65.2 Å². The minimum absolute atomic E-state index is 0.108. The number of likely N-dealkylation sites (tertiary alicyclic amines) is 1. The molecule has 2 heterocycles. The fraction of sp³-hybridized carbons (Fsp3) is 0.545. The normalized spacial score (nSPS) is 32.7. The lowest BCUT2D eigenvalue weighted by atomic mass is 9.48. The lowest BCUT2D eigenvalue weighted by molar-refractivity contribution is -0.201. The number of hydrogen-bond acceptors (Lipinski definition) is 4. The van der Waals surface area contributed by atoms with Crippen LogP contribution in [0.5, 0.6) is 5.75 Å². The highest BCUT2D eigenvalue weighted by molar-refractivity contribution is 5.94. The molecule has 0 unspecified atom stereocenters. The van der Waals surface area contributed by atoms with E-state index in [0.717, 1.165) is 49.6 Å². The second kappa shape index (κ2) is 8.86. The van der Waals surface area contributed by atoms with Crippen LogP contribution in [0.15, 0.2) is 48.5 Å². The van der Waals surface area contributed by atoms with Crippen LogP contribution in [0.3, 0.4) is 0 Å². The number of nitrogens with zero attached hydrogens (tertiary/aromatic N) is 2. The second-order valence-electron chi connectivity index (χ2n) is 12.7. The molecule has 2 aromatic carbocycles. The Morgan fingerprint density at radius 3 is 2.71 bits per heavy atom. The standard InChI is InChI=1S/C33H38N2O3/c1-22(2)20-35(29(36)14-13-23-7-4-3-5-8-23)26-15-16-33(37)28-19-25-9-6-10-27-30(25)32(33,31(26)38-27)17-18-34(28)21-24-11-12-24/h3-10,22,24,26,28,31,37H,11-12,15-21H2,1-2H3/t26-,28+,31-,32-,33+/m0/s1. The van der Waals surface area contributed by atoms with Gasteiger partial charge in [-0.05, 0) is 80.7 Å². The summed E-state index contributed by atoms with van der Waals surface area (Å²) in [6.07, 6.45) is 5.54. The first kappa shape index (κ1) is 24.2. The molecule has 1 N–H and O–H groups in total. The van der Waals surface area contributed by atoms with Crippen LogP contribution in [0.1, 0.15) is 62.6 Å². The minimum atomic E-state index is -0.844. The SMILES string of the molecule is CC(C)CN(C(=O)C#Cc1ccccc1)[C@H]1CC[C@@]2(O)[C@H]3Cc4cccc5c4[C@@]2(CCN3CC2CC2)[C@H]1O5. The van der Waals surface area contributed by atoms with E-state index in [1.54, 1.807) is 0 Å². The molecule has 1 amide bonds. The summed E-state index contributed by atoms with van der Waals surface area (Å²) < 4.78 is 6.84. The summed E-state index contributed by atoms with van der Waals surface area (Å²) >= 11 is 0. The molecule has 5 heteroatoms. The van der Waals surface area contributed by atoms with Gasteiger partial charge < -0.3 is 14.7 Å². The van der Waals surface area contributed by atoms with E-state index >= 15 is 0 Å². The van der Waals surface area contributed by atoms with Gasteiger partial charge >= 0.3 is 0 Å². The van der Waals surface area contributed by atoms with Crippen molar-refractivity contribution in [2.45, 2.75) is 81.6 Å². The summed E-state index contributed by atoms with van der Waals surface area (Å²) in [7, 11) is 0. The molecule has 3 aliphatic carbocycles. The van der Waals surface area contributed by atoms with Gasteiger partial charge in [0.05, 0.1) is 17.1 Å². The lowest BCUT2D eigenvalue weighted by Gasteiger charge is -2.65. The monoisotopic (exact) mass is 510 g/mol. The third kappa shape index (κ3) is 3.57. The third-order valence-corrected chi connectivity index (χ3v) is 9.94. The maximum absolute atomic E-state index is 13.7. The van der Waals surface area contributed by atoms with Crippen molar-refractivity contribution in [2.24, 2.45) is 11.8 Å². The van der Waals surface area contributed by atoms with Gasteiger partial charge in [-0.15, -0.1) is 0 Å². The largest absolute Gasteiger partial charge is 0.487 e. The quantitative estimate of drug-likeness (QED) is 0.614. The zero-order valence-corrected chi connectivity index (χ0v) is 22.5. The second-order valence-corrected chi connectivity index (χ2v) is 12.7. The number of carbonyl (C=O) groups is 1. The van der Waals surface area contributed by atoms with Gasteiger partial charge in [0, 0.05) is 36.2 Å². The Kier molecular flexibility index (Phi) is 5.65. The molecule has 38 heavy (non-hydrogen) atoms. The average molecular weight is 511 g/mol. The summed E-state index contributed by atoms with van der Waals surface area (Å²) in [5.74, 6) is 7.89. The Morgan fingerprint density at radius 2 is 1.95 bits per heavy atom. The van der Waals surface area contributed by atoms with Crippen molar-refractivity contribution in [1.29, 1.82) is 0 Å². The van der Waals surface area contributed by atoms with Gasteiger partial charge in [0.2, 0.25) is 0 Å². The summed E-state index contributed by atoms with van der Waals surface area (Å²) in [5.41, 5.74) is 2.07. The van der Waals surface area contributed by atoms with Gasteiger partial charge in [0.25, 0.3) is 5.91 Å². The van der Waals surface area contributed by atoms with Crippen molar-refractivity contribution >= 4 is 5.91 Å². The molecule has 2 aromatic rings. The first-order valence-corrected chi connectivity index (χ1v) is 14.5. The summed E-state index contributed by atoms with van der Waals surface area (Å²) in [6, 6.07) is 16.1. The van der Waals surface area contributed by atoms with Crippen LogP contribution in [0.25, 0.3) is 0 Å². The molecule has 5 aliphatic rings. The molecular formula is C33H38N2O3. The molecule has 7 rings (SSSR count). The molecule has 5 nitrogen and oxygen atoms in total. The van der Waals surface area contributed by atoms with Gasteiger partial charge in [0.15, 0.2) is 0 Å². The van der Waals surface area contributed by atoms with Gasteiger partial charge in [-0.2, -0.15) is 0 Å². The topological polar surface area (TPSA) is 53.0 Å². The molecule has 1 spiro atoms. The maximum Gasteiger partial charge on any atom is 0.299 e. The zero-order chi connectivity index (χ0) is 26.1. The Bertz CT molecular complexity index is 1310. The number of piperidine rings is 1. The number of carbonyl (C=O) groups excluding carboxylic acids is 1. The fourth-order valence-electron chi connectivity index (χ4n) is 8.23. The van der Waals surface area contributed by atoms with Gasteiger partial charge in [-0.25, -0.2) is 0 Å². The molecule has 1 saturated heterocycles. The van der Waals surface area contributed by atoms with E-state index < -0.39 is 11.0 Å². The smallest absolute Gasteiger partial charge is 0.299 e. The van der Waals surface area contributed by atoms with Gasteiger partial charge in [-0.1, -0.05) is 50.1 Å². The highest BCUT2D eigenvalue weighted by atomic mass is 16.5. The van der Waals surface area contributed by atoms with Crippen LogP contribution in [0, 0.1) is 23.7 Å². The highest BCUT2D eigenvalue weighted by Gasteiger charge is 2.73. The molecule has 198 valence electrons. The Morgan fingerprint density at radius 1 is 1.13 bits per heavy atom. The third-order valence-electron chi connectivity index (χ3n) is 9.94. The average Bonchev–Trinajstić information content (AvgIpc) is 3.66. The van der Waals surface area contributed by atoms with E-state index in [-0.39, 0.29) is 24.1 Å². The van der Waals surface area contributed by atoms with E-state index in [9.17, 15) is 9.90 Å². The van der Waals surface area contributed by atoms with Crippen LogP contribution in [0.2, 0.25) is 0 Å². The van der Waals surface area contributed by atoms with E-state index in [0.29, 0.717) is 18.9 Å². The Hall–Kier alpha value is -2.81. The predicted molar refractivity (Wildman–Crippen MR) is 147 cm³/mol. The first-order valence-electron chi connectivity index (χ1n) is 14.5. The summed E-state index contributed by atoms with van der Waals surface area (Å²) in [5, 5.41) is 12.7. The van der Waals surface area contributed by atoms with E-state index in [4.69, 9.17) is 4.74 Å². The van der Waals surface area contributed by atoms with Crippen LogP contribution in [-0.4, -0.2) is 64.2 Å². The van der Waals surface area contributed by atoms with Crippen molar-refractivity contribution in [3.8, 4) is 17.6 Å². The van der Waals surface area contributed by atoms with E-state index in [1.807, 2.05) is 35.2 Å². The van der Waals surface area contributed by atoms with Crippen molar-refractivity contribution in [2.75, 3.05) is 19.6 Å². The van der Waals surface area contributed by atoms with Crippen molar-refractivity contribution in [3.63, 3.8) is 0 Å². The Labute approximate surface area is 226 Å².